The maximum absolute atomic E-state index is 12.0. The zero-order valence-electron chi connectivity index (χ0n) is 9.82. The lowest BCUT2D eigenvalue weighted by molar-refractivity contribution is 0.164. The van der Waals surface area contributed by atoms with Crippen LogP contribution in [0.2, 0.25) is 5.02 Å². The molecule has 1 aliphatic rings. The van der Waals surface area contributed by atoms with Gasteiger partial charge in [-0.2, -0.15) is 0 Å². The largest absolute Gasteiger partial charge is 0.322 e. The van der Waals surface area contributed by atoms with E-state index in [1.54, 1.807) is 12.1 Å². The summed E-state index contributed by atoms with van der Waals surface area (Å²) in [5.41, 5.74) is 0.665. The van der Waals surface area contributed by atoms with Crippen molar-refractivity contribution < 1.29 is 4.79 Å². The smallest absolute Gasteiger partial charge is 0.321 e. The van der Waals surface area contributed by atoms with Crippen LogP contribution in [0.5, 0.6) is 0 Å². The Balaban J connectivity index is 1.95. The number of amides is 2. The normalized spacial score (nSPS) is 16.9. The maximum Gasteiger partial charge on any atom is 0.321 e. The van der Waals surface area contributed by atoms with E-state index >= 15 is 0 Å². The molecule has 4 nitrogen and oxygen atoms in total. The van der Waals surface area contributed by atoms with Gasteiger partial charge in [-0.25, -0.2) is 4.79 Å². The van der Waals surface area contributed by atoms with Gasteiger partial charge in [-0.3, -0.25) is 0 Å². The number of hydrogen-bond donors (Lipinski definition) is 1. The molecule has 1 heterocycles. The molecule has 5 heteroatoms. The van der Waals surface area contributed by atoms with E-state index in [4.69, 9.17) is 11.6 Å². The summed E-state index contributed by atoms with van der Waals surface area (Å²) in [7, 11) is 2.06. The Morgan fingerprint density at radius 3 is 2.53 bits per heavy atom. The van der Waals surface area contributed by atoms with Crippen molar-refractivity contribution in [1.29, 1.82) is 0 Å². The van der Waals surface area contributed by atoms with Crippen LogP contribution in [-0.4, -0.2) is 49.1 Å². The second-order valence-electron chi connectivity index (χ2n) is 4.20. The number of urea groups is 1. The van der Waals surface area contributed by atoms with Gasteiger partial charge >= 0.3 is 6.03 Å². The summed E-state index contributed by atoms with van der Waals surface area (Å²) in [4.78, 5) is 16.0. The molecule has 0 saturated carbocycles. The fourth-order valence-electron chi connectivity index (χ4n) is 1.77. The van der Waals surface area contributed by atoms with Crippen molar-refractivity contribution in [2.24, 2.45) is 0 Å². The number of piperazine rings is 1. The molecule has 0 spiro atoms. The summed E-state index contributed by atoms with van der Waals surface area (Å²) < 4.78 is 0. The van der Waals surface area contributed by atoms with Crippen LogP contribution in [0.1, 0.15) is 0 Å². The van der Waals surface area contributed by atoms with Gasteiger partial charge in [0.1, 0.15) is 0 Å². The number of carbonyl (C=O) groups excluding carboxylic acids is 1. The van der Waals surface area contributed by atoms with Crippen LogP contribution in [0.15, 0.2) is 24.3 Å². The summed E-state index contributed by atoms with van der Waals surface area (Å²) in [5, 5.41) is 3.40. The lowest BCUT2D eigenvalue weighted by Gasteiger charge is -2.32. The van der Waals surface area contributed by atoms with Gasteiger partial charge in [0.2, 0.25) is 0 Å². The number of likely N-dealkylation sites (N-methyl/N-ethyl adjacent to an activating group) is 1. The molecule has 92 valence electrons. The van der Waals surface area contributed by atoms with Gasteiger partial charge in [0.25, 0.3) is 0 Å². The molecule has 1 saturated heterocycles. The van der Waals surface area contributed by atoms with E-state index in [0.29, 0.717) is 10.7 Å². The van der Waals surface area contributed by atoms with Crippen LogP contribution in [0.3, 0.4) is 0 Å². The van der Waals surface area contributed by atoms with Crippen molar-refractivity contribution in [2.75, 3.05) is 38.5 Å². The molecule has 1 aromatic carbocycles. The SMILES string of the molecule is CN1CCN(C(=O)Nc2ccccc2Cl)CC1. The monoisotopic (exact) mass is 253 g/mol. The number of carbonyl (C=O) groups is 1. The van der Waals surface area contributed by atoms with Crippen LogP contribution in [0, 0.1) is 0 Å². The highest BCUT2D eigenvalue weighted by atomic mass is 35.5. The predicted molar refractivity (Wildman–Crippen MR) is 69.5 cm³/mol. The third kappa shape index (κ3) is 3.11. The van der Waals surface area contributed by atoms with E-state index in [9.17, 15) is 4.79 Å². The summed E-state index contributed by atoms with van der Waals surface area (Å²) in [6.45, 7) is 3.34. The van der Waals surface area contributed by atoms with Crippen molar-refractivity contribution in [3.05, 3.63) is 29.3 Å². The number of rotatable bonds is 1. The fourth-order valence-corrected chi connectivity index (χ4v) is 1.95. The minimum atomic E-state index is -0.0776. The molecule has 0 unspecified atom stereocenters. The molecule has 0 radical (unpaired) electrons. The first-order valence-corrected chi connectivity index (χ1v) is 6.03. The first-order valence-electron chi connectivity index (χ1n) is 5.66. The van der Waals surface area contributed by atoms with E-state index in [1.807, 2.05) is 17.0 Å². The molecular weight excluding hydrogens is 238 g/mol. The number of anilines is 1. The van der Waals surface area contributed by atoms with E-state index < -0.39 is 0 Å². The first kappa shape index (κ1) is 12.2. The molecule has 0 atom stereocenters. The van der Waals surface area contributed by atoms with Crippen LogP contribution in [0.25, 0.3) is 0 Å². The molecule has 2 amide bonds. The number of halogens is 1. The second-order valence-corrected chi connectivity index (χ2v) is 4.61. The molecule has 0 aliphatic carbocycles. The molecule has 1 aromatic rings. The van der Waals surface area contributed by atoms with E-state index in [2.05, 4.69) is 17.3 Å². The molecular formula is C12H16ClN3O. The summed E-state index contributed by atoms with van der Waals surface area (Å²) in [5.74, 6) is 0. The van der Waals surface area contributed by atoms with Crippen molar-refractivity contribution in [2.45, 2.75) is 0 Å². The zero-order chi connectivity index (χ0) is 12.3. The second kappa shape index (κ2) is 5.38. The Labute approximate surface area is 106 Å². The lowest BCUT2D eigenvalue weighted by atomic mass is 10.3. The zero-order valence-corrected chi connectivity index (χ0v) is 10.6. The molecule has 17 heavy (non-hydrogen) atoms. The lowest BCUT2D eigenvalue weighted by Crippen LogP contribution is -2.48. The average Bonchev–Trinajstić information content (AvgIpc) is 2.33. The summed E-state index contributed by atoms with van der Waals surface area (Å²) in [6, 6.07) is 7.18. The Bertz CT molecular complexity index is 402. The van der Waals surface area contributed by atoms with Gasteiger partial charge in [0, 0.05) is 26.2 Å². The minimum Gasteiger partial charge on any atom is -0.322 e. The van der Waals surface area contributed by atoms with E-state index in [-0.39, 0.29) is 6.03 Å². The average molecular weight is 254 g/mol. The number of nitrogens with zero attached hydrogens (tertiary/aromatic N) is 2. The molecule has 1 N–H and O–H groups in total. The van der Waals surface area contributed by atoms with Gasteiger partial charge in [0.05, 0.1) is 10.7 Å². The quantitative estimate of drug-likeness (QED) is 0.832. The van der Waals surface area contributed by atoms with Crippen LogP contribution in [-0.2, 0) is 0 Å². The molecule has 0 bridgehead atoms. The van der Waals surface area contributed by atoms with Gasteiger partial charge < -0.3 is 15.1 Å². The number of para-hydroxylation sites is 1. The minimum absolute atomic E-state index is 0.0776. The highest BCUT2D eigenvalue weighted by molar-refractivity contribution is 6.33. The van der Waals surface area contributed by atoms with Crippen molar-refractivity contribution >= 4 is 23.3 Å². The first-order chi connectivity index (χ1) is 8.16. The topological polar surface area (TPSA) is 35.6 Å². The Kier molecular flexibility index (Phi) is 3.86. The highest BCUT2D eigenvalue weighted by Crippen LogP contribution is 2.20. The number of benzene rings is 1. The van der Waals surface area contributed by atoms with Crippen LogP contribution in [0.4, 0.5) is 10.5 Å². The van der Waals surface area contributed by atoms with Crippen LogP contribution >= 0.6 is 11.6 Å². The highest BCUT2D eigenvalue weighted by Gasteiger charge is 2.19. The summed E-state index contributed by atoms with van der Waals surface area (Å²) in [6.07, 6.45) is 0. The Morgan fingerprint density at radius 2 is 1.88 bits per heavy atom. The predicted octanol–water partition coefficient (Wildman–Crippen LogP) is 2.12. The summed E-state index contributed by atoms with van der Waals surface area (Å²) >= 11 is 5.99. The van der Waals surface area contributed by atoms with Gasteiger partial charge in [-0.1, -0.05) is 23.7 Å². The van der Waals surface area contributed by atoms with Crippen LogP contribution < -0.4 is 5.32 Å². The third-order valence-electron chi connectivity index (χ3n) is 2.91. The maximum atomic E-state index is 12.0. The van der Waals surface area contributed by atoms with Crippen molar-refractivity contribution in [1.82, 2.24) is 9.80 Å². The third-order valence-corrected chi connectivity index (χ3v) is 3.24. The van der Waals surface area contributed by atoms with E-state index in [0.717, 1.165) is 26.2 Å². The van der Waals surface area contributed by atoms with Crippen molar-refractivity contribution in [3.63, 3.8) is 0 Å². The van der Waals surface area contributed by atoms with Gasteiger partial charge in [0.15, 0.2) is 0 Å². The van der Waals surface area contributed by atoms with Gasteiger partial charge in [-0.15, -0.1) is 0 Å². The van der Waals surface area contributed by atoms with Crippen molar-refractivity contribution in [3.8, 4) is 0 Å². The Morgan fingerprint density at radius 1 is 1.24 bits per heavy atom. The molecule has 1 aliphatic heterocycles. The molecule has 1 fully saturated rings. The van der Waals surface area contributed by atoms with Gasteiger partial charge in [-0.05, 0) is 19.2 Å². The fraction of sp³-hybridized carbons (Fsp3) is 0.417. The Hall–Kier alpha value is -1.26. The number of nitrogens with one attached hydrogen (secondary N) is 1. The van der Waals surface area contributed by atoms with E-state index in [1.165, 1.54) is 0 Å². The molecule has 0 aromatic heterocycles. The number of hydrogen-bond acceptors (Lipinski definition) is 2. The standard InChI is InChI=1S/C12H16ClN3O/c1-15-6-8-16(9-7-15)12(17)14-11-5-3-2-4-10(11)13/h2-5H,6-9H2,1H3,(H,14,17). The molecule has 2 rings (SSSR count).